The Balaban J connectivity index is 1.72. The molecule has 0 bridgehead atoms. The Morgan fingerprint density at radius 1 is 1.24 bits per heavy atom. The average molecular weight is 469 g/mol. The molecule has 148 valence electrons. The maximum absolute atomic E-state index is 9.80. The lowest BCUT2D eigenvalue weighted by molar-refractivity contribution is -0.374. The monoisotopic (exact) mass is 468 g/mol. The smallest absolute Gasteiger partial charge is 0.289 e. The summed E-state index contributed by atoms with van der Waals surface area (Å²) in [6.07, 6.45) is 5.21. The van der Waals surface area contributed by atoms with Gasteiger partial charge in [-0.25, -0.2) is 4.98 Å². The molecule has 0 radical (unpaired) electrons. The number of aromatic nitrogens is 1. The standard InChI is InChI=1S/C23H22BrN3OS/c1-2-20-14(13-28-16-9-7-15(24)8-10-16)11-21(29-20)22-17-5-3-4-6-19(17)27-23(26)18(22)12-25/h7-11H,2-6,13H2,1H3,(H2,26,27)/p+1. The number of benzene rings is 1. The Labute approximate surface area is 183 Å². The van der Waals surface area contributed by atoms with Gasteiger partial charge in [0.2, 0.25) is 0 Å². The van der Waals surface area contributed by atoms with Crippen molar-refractivity contribution in [1.29, 1.82) is 5.26 Å². The maximum atomic E-state index is 9.80. The van der Waals surface area contributed by atoms with Crippen LogP contribution in [0.4, 0.5) is 5.82 Å². The number of nitrogens with one attached hydrogen (secondary N) is 1. The van der Waals surface area contributed by atoms with E-state index >= 15 is 0 Å². The zero-order valence-corrected chi connectivity index (χ0v) is 18.8. The Hall–Kier alpha value is -2.36. The summed E-state index contributed by atoms with van der Waals surface area (Å²) >= 11 is 5.20. The molecule has 2 aromatic heterocycles. The summed E-state index contributed by atoms with van der Waals surface area (Å²) in [7, 11) is 0. The van der Waals surface area contributed by atoms with Crippen LogP contribution in [0.15, 0.2) is 34.8 Å². The van der Waals surface area contributed by atoms with Crippen molar-refractivity contribution < 1.29 is 9.72 Å². The molecule has 0 fully saturated rings. The van der Waals surface area contributed by atoms with Crippen molar-refractivity contribution in [2.75, 3.05) is 5.73 Å². The molecular weight excluding hydrogens is 446 g/mol. The van der Waals surface area contributed by atoms with Crippen LogP contribution in [0.3, 0.4) is 0 Å². The molecular formula is C23H23BrN3OS+. The van der Waals surface area contributed by atoms with Gasteiger partial charge in [0, 0.05) is 37.3 Å². The molecule has 6 heteroatoms. The molecule has 1 aromatic carbocycles. The van der Waals surface area contributed by atoms with Crippen LogP contribution in [0, 0.1) is 11.3 Å². The number of anilines is 1. The van der Waals surface area contributed by atoms with Crippen molar-refractivity contribution in [2.24, 2.45) is 0 Å². The first-order chi connectivity index (χ1) is 14.1. The predicted octanol–water partition coefficient (Wildman–Crippen LogP) is 5.47. The van der Waals surface area contributed by atoms with E-state index in [-0.39, 0.29) is 0 Å². The number of ether oxygens (including phenoxy) is 1. The summed E-state index contributed by atoms with van der Waals surface area (Å²) in [6, 6.07) is 12.4. The highest BCUT2D eigenvalue weighted by molar-refractivity contribution is 9.10. The third-order valence-corrected chi connectivity index (χ3v) is 7.23. The molecule has 1 aliphatic carbocycles. The van der Waals surface area contributed by atoms with E-state index in [0.29, 0.717) is 18.0 Å². The highest BCUT2D eigenvalue weighted by Gasteiger charge is 2.26. The van der Waals surface area contributed by atoms with Crippen molar-refractivity contribution in [3.05, 3.63) is 62.1 Å². The van der Waals surface area contributed by atoms with Gasteiger partial charge in [-0.05, 0) is 56.0 Å². The van der Waals surface area contributed by atoms with Crippen LogP contribution in [0.1, 0.15) is 47.0 Å². The lowest BCUT2D eigenvalue weighted by atomic mass is 9.89. The number of nitriles is 1. The molecule has 3 N–H and O–H groups in total. The Morgan fingerprint density at radius 2 is 2.00 bits per heavy atom. The van der Waals surface area contributed by atoms with Crippen LogP contribution in [0.25, 0.3) is 10.4 Å². The van der Waals surface area contributed by atoms with E-state index in [4.69, 9.17) is 10.5 Å². The second-order valence-electron chi connectivity index (χ2n) is 7.22. The number of hydrogen-bond acceptors (Lipinski definition) is 4. The van der Waals surface area contributed by atoms with Crippen LogP contribution in [0.2, 0.25) is 0 Å². The number of fused-ring (bicyclic) bond motifs is 1. The molecule has 2 heterocycles. The van der Waals surface area contributed by atoms with Crippen molar-refractivity contribution in [2.45, 2.75) is 45.6 Å². The summed E-state index contributed by atoms with van der Waals surface area (Å²) in [5.41, 5.74) is 11.4. The summed E-state index contributed by atoms with van der Waals surface area (Å²) in [5, 5.41) is 9.80. The van der Waals surface area contributed by atoms with E-state index in [1.54, 1.807) is 11.3 Å². The predicted molar refractivity (Wildman–Crippen MR) is 120 cm³/mol. The molecule has 4 nitrogen and oxygen atoms in total. The van der Waals surface area contributed by atoms with Gasteiger partial charge in [-0.15, -0.1) is 11.3 Å². The summed E-state index contributed by atoms with van der Waals surface area (Å²) in [6.45, 7) is 2.67. The number of rotatable bonds is 5. The van der Waals surface area contributed by atoms with Gasteiger partial charge in [0.1, 0.15) is 29.7 Å². The second kappa shape index (κ2) is 8.56. The fourth-order valence-corrected chi connectivity index (χ4v) is 5.37. The molecule has 3 aromatic rings. The first kappa shape index (κ1) is 19.9. The van der Waals surface area contributed by atoms with Crippen molar-refractivity contribution >= 4 is 33.1 Å². The Bertz CT molecular complexity index is 1080. The number of nitrogens with two attached hydrogens (primary N) is 1. The Morgan fingerprint density at radius 3 is 2.72 bits per heavy atom. The number of halogens is 1. The van der Waals surface area contributed by atoms with Gasteiger partial charge >= 0.3 is 0 Å². The molecule has 0 amide bonds. The van der Waals surface area contributed by atoms with Gasteiger partial charge in [0.05, 0.1) is 0 Å². The molecule has 0 saturated heterocycles. The molecule has 0 unspecified atom stereocenters. The minimum absolute atomic E-state index is 0.474. The van der Waals surface area contributed by atoms with Gasteiger partial charge in [-0.2, -0.15) is 5.26 Å². The normalized spacial score (nSPS) is 13.0. The minimum Gasteiger partial charge on any atom is -0.489 e. The maximum Gasteiger partial charge on any atom is 0.289 e. The van der Waals surface area contributed by atoms with Gasteiger partial charge < -0.3 is 4.74 Å². The number of pyridine rings is 1. The van der Waals surface area contributed by atoms with E-state index in [2.05, 4.69) is 40.0 Å². The third kappa shape index (κ3) is 4.03. The van der Waals surface area contributed by atoms with Gasteiger partial charge in [-0.3, -0.25) is 5.73 Å². The van der Waals surface area contributed by atoms with Gasteiger partial charge in [0.25, 0.3) is 5.82 Å². The topological polar surface area (TPSA) is 73.2 Å². The van der Waals surface area contributed by atoms with Crippen LogP contribution in [-0.4, -0.2) is 0 Å². The highest BCUT2D eigenvalue weighted by atomic mass is 79.9. The quantitative estimate of drug-likeness (QED) is 0.539. The molecule has 0 saturated carbocycles. The molecule has 0 atom stereocenters. The lowest BCUT2D eigenvalue weighted by Gasteiger charge is -2.17. The van der Waals surface area contributed by atoms with E-state index in [0.717, 1.165) is 52.8 Å². The fourth-order valence-electron chi connectivity index (χ4n) is 3.92. The fraction of sp³-hybridized carbons (Fsp3) is 0.304. The minimum atomic E-state index is 0.474. The number of nitrogen functional groups attached to an aromatic ring is 1. The molecule has 0 spiro atoms. The zero-order valence-electron chi connectivity index (χ0n) is 16.3. The van der Waals surface area contributed by atoms with Crippen LogP contribution < -0.4 is 15.5 Å². The van der Waals surface area contributed by atoms with E-state index < -0.39 is 0 Å². The van der Waals surface area contributed by atoms with Gasteiger partial charge in [0.15, 0.2) is 0 Å². The number of hydrogen-bond donors (Lipinski definition) is 1. The molecule has 4 rings (SSSR count). The van der Waals surface area contributed by atoms with E-state index in [9.17, 15) is 5.26 Å². The third-order valence-electron chi connectivity index (χ3n) is 5.36. The second-order valence-corrected chi connectivity index (χ2v) is 9.27. The van der Waals surface area contributed by atoms with Crippen molar-refractivity contribution in [3.8, 4) is 22.3 Å². The van der Waals surface area contributed by atoms with E-state index in [1.807, 2.05) is 24.3 Å². The largest absolute Gasteiger partial charge is 0.489 e. The van der Waals surface area contributed by atoms with Crippen LogP contribution in [0.5, 0.6) is 5.75 Å². The number of aromatic amines is 1. The van der Waals surface area contributed by atoms with Crippen LogP contribution >= 0.6 is 27.3 Å². The average Bonchev–Trinajstić information content (AvgIpc) is 3.15. The summed E-state index contributed by atoms with van der Waals surface area (Å²) in [5.74, 6) is 1.32. The first-order valence-electron chi connectivity index (χ1n) is 9.87. The SMILES string of the molecule is CCc1sc(-c2c(C#N)c(N)[nH+]c3c2CCCC3)cc1COc1ccc(Br)cc1. The lowest BCUT2D eigenvalue weighted by Crippen LogP contribution is -2.24. The Kier molecular flexibility index (Phi) is 5.89. The number of H-pyrrole nitrogens is 1. The number of nitrogens with zero attached hydrogens (tertiary/aromatic N) is 1. The first-order valence-corrected chi connectivity index (χ1v) is 11.5. The van der Waals surface area contributed by atoms with Gasteiger partial charge in [-0.1, -0.05) is 22.9 Å². The number of thiophene rings is 1. The number of aryl methyl sites for hydroxylation is 2. The molecule has 0 aliphatic heterocycles. The summed E-state index contributed by atoms with van der Waals surface area (Å²) in [4.78, 5) is 5.68. The molecule has 1 aliphatic rings. The van der Waals surface area contributed by atoms with E-state index in [1.165, 1.54) is 21.7 Å². The highest BCUT2D eigenvalue weighted by Crippen LogP contribution is 2.40. The summed E-state index contributed by atoms with van der Waals surface area (Å²) < 4.78 is 7.05. The van der Waals surface area contributed by atoms with Crippen LogP contribution in [-0.2, 0) is 25.9 Å². The zero-order chi connectivity index (χ0) is 20.4. The van der Waals surface area contributed by atoms with Crippen molar-refractivity contribution in [3.63, 3.8) is 0 Å². The van der Waals surface area contributed by atoms with Crippen molar-refractivity contribution in [1.82, 2.24) is 0 Å². The molecule has 29 heavy (non-hydrogen) atoms.